The monoisotopic (exact) mass is 633 g/mol. The van der Waals surface area contributed by atoms with E-state index in [-0.39, 0.29) is 27.9 Å². The van der Waals surface area contributed by atoms with E-state index in [0.29, 0.717) is 21.9 Å². The van der Waals surface area contributed by atoms with E-state index < -0.39 is 66.0 Å². The fourth-order valence-corrected chi connectivity index (χ4v) is 7.22. The molecule has 9 aromatic carbocycles. The van der Waals surface area contributed by atoms with Gasteiger partial charge in [0.2, 0.25) is 0 Å². The van der Waals surface area contributed by atoms with Gasteiger partial charge < -0.3 is 4.42 Å². The standard InChI is InChI=1S/C48H30O/c1-3-14-31(15-4-1)33-28-29-44-43(30-33)48-42(26-13-27-45(48)49-44)47-40-20-9-7-18-38(40)46(39-19-8-10-21-41(39)47)37-25-12-23-35-34(22-11-24-36(35)37)32-16-5-2-6-17-32/h1-30H/i2D,5D,6D,11D,12D,16D,17D,22D,23D,24D,25D. The Morgan fingerprint density at radius 3 is 1.65 bits per heavy atom. The van der Waals surface area contributed by atoms with Gasteiger partial charge in [0.15, 0.2) is 0 Å². The minimum absolute atomic E-state index is 0.0662. The van der Waals surface area contributed by atoms with Gasteiger partial charge in [-0.25, -0.2) is 0 Å². The Morgan fingerprint density at radius 1 is 0.347 bits per heavy atom. The van der Waals surface area contributed by atoms with Gasteiger partial charge in [0.05, 0.1) is 15.1 Å². The SMILES string of the molecule is [2H]c1c([2H])c([2H])c(-c2c([2H])c([2H])c([2H])c3c(-c4c5ccccc5c(-c5cccc6oc7ccc(-c8ccccc8)cc7c56)c5ccccc45)c([2H])c([2H])c([2H])c23)c([2H])c1[2H]. The van der Waals surface area contributed by atoms with Crippen LogP contribution in [0.4, 0.5) is 0 Å². The normalized spacial score (nSPS) is 14.8. The fraction of sp³-hybridized carbons (Fsp3) is 0. The molecule has 1 heterocycles. The molecule has 0 unspecified atom stereocenters. The maximum absolute atomic E-state index is 9.50. The summed E-state index contributed by atoms with van der Waals surface area (Å²) in [5.74, 6) is 0. The lowest BCUT2D eigenvalue weighted by Crippen LogP contribution is -1.92. The molecule has 0 amide bonds. The predicted octanol–water partition coefficient (Wildman–Crippen LogP) is 13.7. The molecule has 1 aromatic heterocycles. The lowest BCUT2D eigenvalue weighted by Gasteiger charge is -2.19. The molecule has 0 aliphatic heterocycles. The van der Waals surface area contributed by atoms with Gasteiger partial charge in [0.25, 0.3) is 0 Å². The van der Waals surface area contributed by atoms with Gasteiger partial charge in [-0.1, -0.05) is 164 Å². The smallest absolute Gasteiger partial charge is 0.136 e. The summed E-state index contributed by atoms with van der Waals surface area (Å²) in [5.41, 5.74) is 5.07. The van der Waals surface area contributed by atoms with Gasteiger partial charge in [-0.3, -0.25) is 0 Å². The van der Waals surface area contributed by atoms with Gasteiger partial charge in [-0.2, -0.15) is 0 Å². The van der Waals surface area contributed by atoms with Gasteiger partial charge >= 0.3 is 0 Å². The Kier molecular flexibility index (Phi) is 4.25. The second kappa shape index (κ2) is 11.1. The molecule has 0 saturated heterocycles. The Morgan fingerprint density at radius 2 is 0.959 bits per heavy atom. The molecule has 0 fully saturated rings. The molecule has 0 atom stereocenters. The summed E-state index contributed by atoms with van der Waals surface area (Å²) in [6, 6.07) is 31.0. The van der Waals surface area contributed by atoms with Crippen molar-refractivity contribution in [3.63, 3.8) is 0 Å². The molecule has 228 valence electrons. The summed E-state index contributed by atoms with van der Waals surface area (Å²) in [4.78, 5) is 0. The maximum atomic E-state index is 9.50. The summed E-state index contributed by atoms with van der Waals surface area (Å²) in [7, 11) is 0. The first-order valence-electron chi connectivity index (χ1n) is 21.5. The molecular formula is C48H30O. The molecule has 1 nitrogen and oxygen atoms in total. The van der Waals surface area contributed by atoms with Crippen molar-refractivity contribution in [1.29, 1.82) is 0 Å². The summed E-state index contributed by atoms with van der Waals surface area (Å²) < 4.78 is 104. The van der Waals surface area contributed by atoms with Gasteiger partial charge in [-0.05, 0) is 95.0 Å². The highest BCUT2D eigenvalue weighted by atomic mass is 16.3. The molecular weight excluding hydrogens is 593 g/mol. The van der Waals surface area contributed by atoms with Crippen LogP contribution in [0.15, 0.2) is 186 Å². The zero-order valence-electron chi connectivity index (χ0n) is 36.9. The fourth-order valence-electron chi connectivity index (χ4n) is 7.22. The zero-order chi connectivity index (χ0) is 41.9. The predicted molar refractivity (Wildman–Crippen MR) is 208 cm³/mol. The van der Waals surface area contributed by atoms with E-state index in [4.69, 9.17) is 15.4 Å². The molecule has 0 bridgehead atoms. The number of benzene rings is 9. The van der Waals surface area contributed by atoms with Crippen molar-refractivity contribution in [2.75, 3.05) is 0 Å². The Balaban J connectivity index is 1.37. The minimum Gasteiger partial charge on any atom is -0.456 e. The van der Waals surface area contributed by atoms with Crippen LogP contribution in [0.2, 0.25) is 0 Å². The number of hydrogen-bond donors (Lipinski definition) is 0. The molecule has 10 rings (SSSR count). The summed E-state index contributed by atoms with van der Waals surface area (Å²) in [6.07, 6.45) is 0. The third-order valence-electron chi connectivity index (χ3n) is 9.30. The highest BCUT2D eigenvalue weighted by Crippen LogP contribution is 2.48. The number of fused-ring (bicyclic) bond motifs is 6. The topological polar surface area (TPSA) is 13.1 Å². The lowest BCUT2D eigenvalue weighted by atomic mass is 9.83. The Labute approximate surface area is 299 Å². The number of rotatable bonds is 4. The lowest BCUT2D eigenvalue weighted by molar-refractivity contribution is 0.669. The van der Waals surface area contributed by atoms with Crippen molar-refractivity contribution in [3.8, 4) is 44.5 Å². The van der Waals surface area contributed by atoms with Crippen LogP contribution < -0.4 is 0 Å². The molecule has 0 N–H and O–H groups in total. The van der Waals surface area contributed by atoms with Crippen LogP contribution in [-0.4, -0.2) is 0 Å². The third kappa shape index (κ3) is 4.33. The van der Waals surface area contributed by atoms with Gasteiger partial charge in [0, 0.05) is 10.8 Å². The number of hydrogen-bond acceptors (Lipinski definition) is 1. The first-order valence-corrected chi connectivity index (χ1v) is 16.0. The third-order valence-corrected chi connectivity index (χ3v) is 9.30. The van der Waals surface area contributed by atoms with E-state index in [1.165, 1.54) is 0 Å². The van der Waals surface area contributed by atoms with Crippen LogP contribution in [0.25, 0.3) is 98.8 Å². The van der Waals surface area contributed by atoms with Crippen molar-refractivity contribution in [2.24, 2.45) is 0 Å². The second-order valence-electron chi connectivity index (χ2n) is 11.9. The van der Waals surface area contributed by atoms with E-state index in [2.05, 4.69) is 24.3 Å². The van der Waals surface area contributed by atoms with Crippen LogP contribution in [0.5, 0.6) is 0 Å². The molecule has 1 heteroatoms. The summed E-state index contributed by atoms with van der Waals surface area (Å²) in [6.45, 7) is 0. The van der Waals surface area contributed by atoms with E-state index in [1.807, 2.05) is 91.0 Å². The maximum Gasteiger partial charge on any atom is 0.136 e. The quantitative estimate of drug-likeness (QED) is 0.176. The van der Waals surface area contributed by atoms with E-state index in [1.54, 1.807) is 0 Å². The second-order valence-corrected chi connectivity index (χ2v) is 11.9. The summed E-state index contributed by atoms with van der Waals surface area (Å²) in [5, 5.41) is 4.39. The van der Waals surface area contributed by atoms with E-state index >= 15 is 0 Å². The highest BCUT2D eigenvalue weighted by molar-refractivity contribution is 6.27. The van der Waals surface area contributed by atoms with Crippen molar-refractivity contribution in [3.05, 3.63) is 182 Å². The van der Waals surface area contributed by atoms with Crippen LogP contribution in [-0.2, 0) is 0 Å². The first kappa shape index (κ1) is 18.8. The van der Waals surface area contributed by atoms with Crippen LogP contribution in [0.3, 0.4) is 0 Å². The molecule has 10 aromatic rings. The average molecular weight is 634 g/mol. The summed E-state index contributed by atoms with van der Waals surface area (Å²) >= 11 is 0. The average Bonchev–Trinajstić information content (AvgIpc) is 3.65. The van der Waals surface area contributed by atoms with Crippen molar-refractivity contribution in [2.45, 2.75) is 0 Å². The van der Waals surface area contributed by atoms with Crippen LogP contribution in [0, 0.1) is 0 Å². The Bertz CT molecular complexity index is 3420. The van der Waals surface area contributed by atoms with Crippen LogP contribution >= 0.6 is 0 Å². The molecule has 49 heavy (non-hydrogen) atoms. The molecule has 0 spiro atoms. The van der Waals surface area contributed by atoms with Crippen molar-refractivity contribution >= 4 is 54.3 Å². The molecule has 0 radical (unpaired) electrons. The Hall–Kier alpha value is -6.44. The van der Waals surface area contributed by atoms with Crippen molar-refractivity contribution in [1.82, 2.24) is 0 Å². The first-order chi connectivity index (χ1) is 28.9. The molecule has 0 saturated carbocycles. The zero-order valence-corrected chi connectivity index (χ0v) is 25.9. The minimum atomic E-state index is -0.667. The van der Waals surface area contributed by atoms with E-state index in [0.717, 1.165) is 49.4 Å². The van der Waals surface area contributed by atoms with Gasteiger partial charge in [-0.15, -0.1) is 0 Å². The highest BCUT2D eigenvalue weighted by Gasteiger charge is 2.21. The van der Waals surface area contributed by atoms with Gasteiger partial charge in [0.1, 0.15) is 11.2 Å². The van der Waals surface area contributed by atoms with Crippen LogP contribution in [0.1, 0.15) is 15.1 Å². The largest absolute Gasteiger partial charge is 0.456 e. The molecule has 0 aliphatic rings. The number of furan rings is 1. The molecule has 0 aliphatic carbocycles. The van der Waals surface area contributed by atoms with Crippen molar-refractivity contribution < 1.29 is 19.5 Å². The van der Waals surface area contributed by atoms with E-state index in [9.17, 15) is 4.11 Å².